The molecule has 2 aromatic heterocycles. The highest BCUT2D eigenvalue weighted by molar-refractivity contribution is 7.10. The first-order valence-electron chi connectivity index (χ1n) is 8.38. The van der Waals surface area contributed by atoms with Crippen molar-refractivity contribution in [1.29, 1.82) is 0 Å². The molecule has 1 atom stereocenters. The minimum Gasteiger partial charge on any atom is -0.458 e. The highest BCUT2D eigenvalue weighted by atomic mass is 32.1. The second-order valence-corrected chi connectivity index (χ2v) is 7.16. The lowest BCUT2D eigenvalue weighted by atomic mass is 9.99. The molecule has 3 aromatic rings. The molecule has 1 unspecified atom stereocenters. The molecule has 1 aliphatic heterocycles. The highest BCUT2D eigenvalue weighted by Crippen LogP contribution is 2.42. The number of aromatic nitrogens is 2. The van der Waals surface area contributed by atoms with E-state index in [1.165, 1.54) is 0 Å². The van der Waals surface area contributed by atoms with E-state index in [1.807, 2.05) is 36.6 Å². The molecule has 0 saturated carbocycles. The predicted octanol–water partition coefficient (Wildman–Crippen LogP) is 4.42. The molecule has 26 heavy (non-hydrogen) atoms. The first-order valence-corrected chi connectivity index (χ1v) is 9.26. The number of para-hydroxylation sites is 2. The Balaban J connectivity index is 1.95. The van der Waals surface area contributed by atoms with Gasteiger partial charge in [0.2, 0.25) is 5.95 Å². The van der Waals surface area contributed by atoms with E-state index in [1.54, 1.807) is 17.4 Å². The number of rotatable bonds is 4. The fourth-order valence-electron chi connectivity index (χ4n) is 3.35. The molecule has 4 rings (SSSR count). The summed E-state index contributed by atoms with van der Waals surface area (Å²) in [5.41, 5.74) is 4.39. The number of thiophene rings is 1. The molecule has 0 radical (unpaired) electrons. The zero-order chi connectivity index (χ0) is 18.3. The van der Waals surface area contributed by atoms with Crippen LogP contribution in [0.3, 0.4) is 0 Å². The first-order chi connectivity index (χ1) is 12.6. The fraction of sp³-hybridized carbons (Fsp3) is 0.200. The van der Waals surface area contributed by atoms with Crippen molar-refractivity contribution < 1.29 is 9.53 Å². The number of anilines is 1. The number of benzene rings is 1. The smallest absolute Gasteiger partial charge is 0.338 e. The Morgan fingerprint density at radius 3 is 2.92 bits per heavy atom. The largest absolute Gasteiger partial charge is 0.458 e. The number of imidazole rings is 1. The zero-order valence-electron chi connectivity index (χ0n) is 14.7. The van der Waals surface area contributed by atoms with E-state index in [2.05, 4.69) is 29.5 Å². The summed E-state index contributed by atoms with van der Waals surface area (Å²) in [5.74, 6) is 0.401. The van der Waals surface area contributed by atoms with Gasteiger partial charge in [0.1, 0.15) is 12.6 Å². The molecule has 1 aromatic carbocycles. The summed E-state index contributed by atoms with van der Waals surface area (Å²) in [4.78, 5) is 18.7. The third-order valence-corrected chi connectivity index (χ3v) is 5.60. The van der Waals surface area contributed by atoms with Gasteiger partial charge in [-0.3, -0.25) is 4.57 Å². The van der Waals surface area contributed by atoms with Crippen molar-refractivity contribution >= 4 is 34.3 Å². The molecular formula is C20H19N3O2S. The number of hydrogen-bond acceptors (Lipinski definition) is 5. The number of fused-ring (bicyclic) bond motifs is 3. The van der Waals surface area contributed by atoms with Crippen molar-refractivity contribution in [3.63, 3.8) is 0 Å². The standard InChI is InChI=1S/C20H19N3O2S/c1-4-10-25-19(24)16-13(3)21-20-22-14-7-5-6-8-15(14)23(20)17(16)18-12(2)9-11-26-18/h4-9,11,17H,1,10H2,2-3H3,(H,21,22). The van der Waals surface area contributed by atoms with Crippen molar-refractivity contribution in [2.24, 2.45) is 0 Å². The van der Waals surface area contributed by atoms with Crippen LogP contribution in [0, 0.1) is 6.92 Å². The molecular weight excluding hydrogens is 346 g/mol. The third-order valence-electron chi connectivity index (χ3n) is 4.53. The maximum Gasteiger partial charge on any atom is 0.338 e. The number of esters is 1. The van der Waals surface area contributed by atoms with Crippen molar-refractivity contribution in [1.82, 2.24) is 9.55 Å². The van der Waals surface area contributed by atoms with Crippen molar-refractivity contribution in [3.8, 4) is 0 Å². The molecule has 1 N–H and O–H groups in total. The summed E-state index contributed by atoms with van der Waals surface area (Å²) in [5, 5.41) is 5.33. The summed E-state index contributed by atoms with van der Waals surface area (Å²) in [6.07, 6.45) is 1.58. The summed E-state index contributed by atoms with van der Waals surface area (Å²) in [7, 11) is 0. The molecule has 132 valence electrons. The number of allylic oxidation sites excluding steroid dienone is 1. The van der Waals surface area contributed by atoms with Crippen LogP contribution in [0.4, 0.5) is 5.95 Å². The average Bonchev–Trinajstić information content (AvgIpc) is 3.21. The van der Waals surface area contributed by atoms with Crippen molar-refractivity contribution in [2.45, 2.75) is 19.9 Å². The van der Waals surface area contributed by atoms with E-state index in [0.717, 1.165) is 33.1 Å². The van der Waals surface area contributed by atoms with E-state index in [4.69, 9.17) is 9.72 Å². The van der Waals surface area contributed by atoms with Gasteiger partial charge in [0, 0.05) is 10.6 Å². The minimum absolute atomic E-state index is 0.184. The number of carbonyl (C=O) groups excluding carboxylic acids is 1. The monoisotopic (exact) mass is 365 g/mol. The Morgan fingerprint density at radius 2 is 2.19 bits per heavy atom. The van der Waals surface area contributed by atoms with Crippen molar-refractivity contribution in [2.75, 3.05) is 11.9 Å². The lowest BCUT2D eigenvalue weighted by molar-refractivity contribution is -0.138. The van der Waals surface area contributed by atoms with Crippen LogP contribution in [0.5, 0.6) is 0 Å². The lowest BCUT2D eigenvalue weighted by Gasteiger charge is -2.29. The molecule has 0 fully saturated rings. The van der Waals surface area contributed by atoms with E-state index in [9.17, 15) is 4.79 Å². The minimum atomic E-state index is -0.337. The van der Waals surface area contributed by atoms with E-state index < -0.39 is 0 Å². The topological polar surface area (TPSA) is 56.1 Å². The Hall–Kier alpha value is -2.86. The second-order valence-electron chi connectivity index (χ2n) is 6.22. The van der Waals surface area contributed by atoms with Crippen LogP contribution in [-0.4, -0.2) is 22.1 Å². The summed E-state index contributed by atoms with van der Waals surface area (Å²) >= 11 is 1.64. The van der Waals surface area contributed by atoms with Crippen molar-refractivity contribution in [3.05, 3.63) is 70.1 Å². The molecule has 3 heterocycles. The maximum atomic E-state index is 12.9. The average molecular weight is 365 g/mol. The highest BCUT2D eigenvalue weighted by Gasteiger charge is 2.36. The van der Waals surface area contributed by atoms with Gasteiger partial charge in [-0.15, -0.1) is 11.3 Å². The van der Waals surface area contributed by atoms with Gasteiger partial charge >= 0.3 is 5.97 Å². The van der Waals surface area contributed by atoms with Gasteiger partial charge in [0.25, 0.3) is 0 Å². The number of carbonyl (C=O) groups is 1. The maximum absolute atomic E-state index is 12.9. The van der Waals surface area contributed by atoms with Gasteiger partial charge in [-0.1, -0.05) is 24.8 Å². The Bertz CT molecular complexity index is 1040. The molecule has 5 nitrogen and oxygen atoms in total. The molecule has 0 amide bonds. The van der Waals surface area contributed by atoms with E-state index >= 15 is 0 Å². The molecule has 0 spiro atoms. The van der Waals surface area contributed by atoms with Crippen LogP contribution in [0.25, 0.3) is 11.0 Å². The third kappa shape index (κ3) is 2.54. The van der Waals surface area contributed by atoms with Gasteiger partial charge < -0.3 is 10.1 Å². The van der Waals surface area contributed by atoms with Gasteiger partial charge in [0.15, 0.2) is 0 Å². The predicted molar refractivity (Wildman–Crippen MR) is 104 cm³/mol. The number of nitrogens with one attached hydrogen (secondary N) is 1. The van der Waals surface area contributed by atoms with Gasteiger partial charge in [-0.2, -0.15) is 0 Å². The molecule has 0 aliphatic carbocycles. The summed E-state index contributed by atoms with van der Waals surface area (Å²) in [6.45, 7) is 7.77. The number of hydrogen-bond donors (Lipinski definition) is 1. The number of nitrogens with zero attached hydrogens (tertiary/aromatic N) is 2. The van der Waals surface area contributed by atoms with Crippen LogP contribution in [0.15, 0.2) is 59.6 Å². The normalized spacial score (nSPS) is 16.3. The summed E-state index contributed by atoms with van der Waals surface area (Å²) in [6, 6.07) is 9.75. The van der Waals surface area contributed by atoms with Crippen LogP contribution < -0.4 is 5.32 Å². The van der Waals surface area contributed by atoms with Gasteiger partial charge in [-0.25, -0.2) is 9.78 Å². The molecule has 0 bridgehead atoms. The molecule has 6 heteroatoms. The Morgan fingerprint density at radius 1 is 1.38 bits per heavy atom. The van der Waals surface area contributed by atoms with Crippen LogP contribution >= 0.6 is 11.3 Å². The van der Waals surface area contributed by atoms with Crippen LogP contribution in [-0.2, 0) is 9.53 Å². The SMILES string of the molecule is C=CCOC(=O)C1=C(C)Nc2nc3ccccc3n2C1c1sccc1C. The molecule has 1 aliphatic rings. The lowest BCUT2D eigenvalue weighted by Crippen LogP contribution is -2.28. The fourth-order valence-corrected chi connectivity index (χ4v) is 4.38. The summed E-state index contributed by atoms with van der Waals surface area (Å²) < 4.78 is 7.48. The number of ether oxygens (including phenoxy) is 1. The van der Waals surface area contributed by atoms with E-state index in [0.29, 0.717) is 5.57 Å². The van der Waals surface area contributed by atoms with Gasteiger partial charge in [-0.05, 0) is 43.0 Å². The number of aryl methyl sites for hydroxylation is 1. The quantitative estimate of drug-likeness (QED) is 0.549. The zero-order valence-corrected chi connectivity index (χ0v) is 15.5. The first kappa shape index (κ1) is 16.6. The Kier molecular flexibility index (Phi) is 4.12. The van der Waals surface area contributed by atoms with Crippen LogP contribution in [0.2, 0.25) is 0 Å². The van der Waals surface area contributed by atoms with Crippen LogP contribution in [0.1, 0.15) is 23.4 Å². The van der Waals surface area contributed by atoms with Gasteiger partial charge in [0.05, 0.1) is 16.6 Å². The van der Waals surface area contributed by atoms with E-state index in [-0.39, 0.29) is 18.6 Å². The molecule has 0 saturated heterocycles. The second kappa shape index (κ2) is 6.46. The Labute approximate surface area is 155 Å².